The van der Waals surface area contributed by atoms with Gasteiger partial charge in [-0.2, -0.15) is 0 Å². The van der Waals surface area contributed by atoms with E-state index in [1.54, 1.807) is 42.8 Å². The van der Waals surface area contributed by atoms with Crippen LogP contribution in [-0.2, 0) is 11.2 Å². The first kappa shape index (κ1) is 22.5. The van der Waals surface area contributed by atoms with E-state index < -0.39 is 29.3 Å². The van der Waals surface area contributed by atoms with Crippen LogP contribution in [0.1, 0.15) is 26.8 Å². The van der Waals surface area contributed by atoms with Crippen molar-refractivity contribution in [3.8, 4) is 11.5 Å². The first-order valence-electron chi connectivity index (χ1n) is 10.2. The first-order chi connectivity index (χ1) is 16.0. The summed E-state index contributed by atoms with van der Waals surface area (Å²) in [5.41, 5.74) is 0.896. The molecule has 3 aromatic rings. The highest BCUT2D eigenvalue weighted by Crippen LogP contribution is 2.40. The predicted molar refractivity (Wildman–Crippen MR) is 122 cm³/mol. The summed E-state index contributed by atoms with van der Waals surface area (Å²) >= 11 is 1.20. The lowest BCUT2D eigenvalue weighted by Crippen LogP contribution is -2.33. The van der Waals surface area contributed by atoms with E-state index in [0.29, 0.717) is 22.8 Å². The number of rotatable bonds is 8. The number of hydrogen-bond donors (Lipinski definition) is 1. The van der Waals surface area contributed by atoms with Crippen molar-refractivity contribution in [1.82, 2.24) is 4.90 Å². The normalized spacial score (nSPS) is 15.8. The van der Waals surface area contributed by atoms with Crippen LogP contribution in [0.15, 0.2) is 71.3 Å². The largest absolute Gasteiger partial charge is 0.503 e. The molecule has 0 saturated heterocycles. The number of ketones is 1. The highest BCUT2D eigenvalue weighted by molar-refractivity contribution is 7.12. The Balaban J connectivity index is 1.69. The highest BCUT2D eigenvalue weighted by atomic mass is 32.1. The van der Waals surface area contributed by atoms with Crippen LogP contribution in [0.3, 0.4) is 0 Å². The second-order valence-electron chi connectivity index (χ2n) is 7.43. The minimum absolute atomic E-state index is 0.111. The molecule has 1 amide bonds. The van der Waals surface area contributed by atoms with Crippen molar-refractivity contribution in [2.75, 3.05) is 20.8 Å². The maximum Gasteiger partial charge on any atom is 0.290 e. The Labute approximate surface area is 194 Å². The van der Waals surface area contributed by atoms with E-state index in [1.807, 2.05) is 6.07 Å². The van der Waals surface area contributed by atoms with Gasteiger partial charge in [0.2, 0.25) is 5.78 Å². The molecule has 33 heavy (non-hydrogen) atoms. The number of aliphatic hydroxyl groups excluding tert-OH is 1. The molecule has 1 atom stereocenters. The molecule has 6 nitrogen and oxygen atoms in total. The topological polar surface area (TPSA) is 76.1 Å². The van der Waals surface area contributed by atoms with Gasteiger partial charge in [-0.05, 0) is 41.6 Å². The summed E-state index contributed by atoms with van der Waals surface area (Å²) in [7, 11) is 3.07. The van der Waals surface area contributed by atoms with E-state index in [9.17, 15) is 19.1 Å². The summed E-state index contributed by atoms with van der Waals surface area (Å²) < 4.78 is 25.4. The monoisotopic (exact) mass is 467 g/mol. The Hall–Kier alpha value is -3.65. The first-order valence-corrected chi connectivity index (χ1v) is 11.1. The third kappa shape index (κ3) is 4.21. The summed E-state index contributed by atoms with van der Waals surface area (Å²) in [6.45, 7) is 0.151. The van der Waals surface area contributed by atoms with Crippen molar-refractivity contribution in [2.24, 2.45) is 0 Å². The summed E-state index contributed by atoms with van der Waals surface area (Å²) in [5, 5.41) is 12.4. The van der Waals surface area contributed by atoms with Crippen LogP contribution in [-0.4, -0.2) is 42.5 Å². The molecule has 0 unspecified atom stereocenters. The molecular formula is C25H22FNO5S. The SMILES string of the molecule is COc1ccc(CCN2C(=O)C(O)=C(C(=O)c3cccs3)[C@@H]2c2ccccc2F)cc1OC. The Morgan fingerprint density at radius 3 is 2.52 bits per heavy atom. The van der Waals surface area contributed by atoms with Crippen LogP contribution < -0.4 is 9.47 Å². The van der Waals surface area contributed by atoms with Crippen molar-refractivity contribution in [1.29, 1.82) is 0 Å². The molecule has 0 saturated carbocycles. The van der Waals surface area contributed by atoms with Gasteiger partial charge in [-0.3, -0.25) is 9.59 Å². The lowest BCUT2D eigenvalue weighted by molar-refractivity contribution is -0.129. The molecule has 0 radical (unpaired) electrons. The maximum absolute atomic E-state index is 14.8. The summed E-state index contributed by atoms with van der Waals surface area (Å²) in [5.74, 6) is -1.28. The lowest BCUT2D eigenvalue weighted by atomic mass is 9.95. The van der Waals surface area contributed by atoms with Crippen molar-refractivity contribution in [3.05, 3.63) is 93.1 Å². The minimum atomic E-state index is -1.03. The number of Topliss-reactive ketones (excluding diaryl/α,β-unsaturated/α-hetero) is 1. The molecule has 8 heteroatoms. The molecule has 0 bridgehead atoms. The predicted octanol–water partition coefficient (Wildman–Crippen LogP) is 4.73. The fourth-order valence-electron chi connectivity index (χ4n) is 3.96. The number of nitrogens with zero attached hydrogens (tertiary/aromatic N) is 1. The van der Waals surface area contributed by atoms with Gasteiger partial charge in [-0.15, -0.1) is 11.3 Å². The van der Waals surface area contributed by atoms with Crippen molar-refractivity contribution >= 4 is 23.0 Å². The summed E-state index contributed by atoms with van der Waals surface area (Å²) in [6.07, 6.45) is 0.394. The van der Waals surface area contributed by atoms with Crippen molar-refractivity contribution in [2.45, 2.75) is 12.5 Å². The Bertz CT molecular complexity index is 1220. The maximum atomic E-state index is 14.8. The fourth-order valence-corrected chi connectivity index (χ4v) is 4.64. The van der Waals surface area contributed by atoms with Crippen LogP contribution >= 0.6 is 11.3 Å². The number of methoxy groups -OCH3 is 2. The van der Waals surface area contributed by atoms with Gasteiger partial charge in [0.15, 0.2) is 17.3 Å². The van der Waals surface area contributed by atoms with Crippen LogP contribution in [0.2, 0.25) is 0 Å². The second kappa shape index (κ2) is 9.46. The zero-order chi connectivity index (χ0) is 23.5. The van der Waals surface area contributed by atoms with Crippen molar-refractivity contribution < 1.29 is 28.6 Å². The molecule has 1 aliphatic rings. The number of halogens is 1. The number of carbonyl (C=O) groups excluding carboxylic acids is 2. The molecular weight excluding hydrogens is 445 g/mol. The molecule has 0 aliphatic carbocycles. The van der Waals surface area contributed by atoms with Crippen LogP contribution in [0.4, 0.5) is 4.39 Å². The molecule has 4 rings (SSSR count). The Morgan fingerprint density at radius 1 is 1.09 bits per heavy atom. The average molecular weight is 468 g/mol. The zero-order valence-electron chi connectivity index (χ0n) is 18.1. The third-order valence-electron chi connectivity index (χ3n) is 5.58. The molecule has 1 aromatic heterocycles. The molecule has 1 N–H and O–H groups in total. The Morgan fingerprint density at radius 2 is 1.85 bits per heavy atom. The van der Waals surface area contributed by atoms with Gasteiger partial charge >= 0.3 is 0 Å². The molecule has 0 fully saturated rings. The number of carbonyl (C=O) groups is 2. The smallest absolute Gasteiger partial charge is 0.290 e. The van der Waals surface area contributed by atoms with E-state index in [-0.39, 0.29) is 17.7 Å². The lowest BCUT2D eigenvalue weighted by Gasteiger charge is -2.27. The fraction of sp³-hybridized carbons (Fsp3) is 0.200. The minimum Gasteiger partial charge on any atom is -0.503 e. The average Bonchev–Trinajstić information content (AvgIpc) is 3.45. The molecule has 2 heterocycles. The number of hydrogen-bond acceptors (Lipinski definition) is 6. The van der Waals surface area contributed by atoms with Gasteiger partial charge in [0.05, 0.1) is 30.7 Å². The standard InChI is InChI=1S/C25H22FNO5S/c1-31-18-10-9-15(14-19(18)32-2)11-12-27-22(16-6-3-4-7-17(16)26)21(24(29)25(27)30)23(28)20-8-5-13-33-20/h3-10,13-14,22,29H,11-12H2,1-2H3/t22-/m0/s1. The van der Waals surface area contributed by atoms with E-state index in [4.69, 9.17) is 9.47 Å². The number of ether oxygens (including phenoxy) is 2. The van der Waals surface area contributed by atoms with Gasteiger partial charge in [-0.25, -0.2) is 4.39 Å². The van der Waals surface area contributed by atoms with Crippen molar-refractivity contribution in [3.63, 3.8) is 0 Å². The zero-order valence-corrected chi connectivity index (χ0v) is 18.9. The molecule has 0 spiro atoms. The number of thiophene rings is 1. The van der Waals surface area contributed by atoms with Gasteiger partial charge in [-0.1, -0.05) is 30.3 Å². The molecule has 1 aliphatic heterocycles. The van der Waals surface area contributed by atoms with E-state index in [1.165, 1.54) is 41.5 Å². The summed E-state index contributed by atoms with van der Waals surface area (Å²) in [6, 6.07) is 13.6. The van der Waals surface area contributed by atoms with Gasteiger partial charge in [0, 0.05) is 12.1 Å². The number of aliphatic hydroxyl groups is 1. The van der Waals surface area contributed by atoms with Crippen LogP contribution in [0.25, 0.3) is 0 Å². The van der Waals surface area contributed by atoms with Gasteiger partial charge in [0.25, 0.3) is 5.91 Å². The van der Waals surface area contributed by atoms with Gasteiger partial charge in [0.1, 0.15) is 5.82 Å². The third-order valence-corrected chi connectivity index (χ3v) is 6.45. The van der Waals surface area contributed by atoms with E-state index in [0.717, 1.165) is 5.56 Å². The number of benzene rings is 2. The Kier molecular flexibility index (Phi) is 6.46. The van der Waals surface area contributed by atoms with Gasteiger partial charge < -0.3 is 19.5 Å². The second-order valence-corrected chi connectivity index (χ2v) is 8.38. The van der Waals surface area contributed by atoms with Crippen LogP contribution in [0.5, 0.6) is 11.5 Å². The quantitative estimate of drug-likeness (QED) is 0.485. The van der Waals surface area contributed by atoms with E-state index >= 15 is 0 Å². The molecule has 170 valence electrons. The van der Waals surface area contributed by atoms with Crippen LogP contribution in [0, 0.1) is 5.82 Å². The number of amides is 1. The molecule has 2 aromatic carbocycles. The summed E-state index contributed by atoms with van der Waals surface area (Å²) in [4.78, 5) is 27.9. The van der Waals surface area contributed by atoms with E-state index in [2.05, 4.69) is 0 Å². The highest BCUT2D eigenvalue weighted by Gasteiger charge is 2.44.